The first-order valence-corrected chi connectivity index (χ1v) is 12.5. The van der Waals surface area contributed by atoms with Crippen molar-refractivity contribution in [3.8, 4) is 0 Å². The zero-order chi connectivity index (χ0) is 23.9. The van der Waals surface area contributed by atoms with Gasteiger partial charge in [0.25, 0.3) is 0 Å². The Morgan fingerprint density at radius 3 is 2.16 bits per heavy atom. The largest absolute Gasteiger partial charge is 0.468 e. The van der Waals surface area contributed by atoms with Crippen LogP contribution in [0.3, 0.4) is 0 Å². The number of methoxy groups -OCH3 is 1. The summed E-state index contributed by atoms with van der Waals surface area (Å²) in [5.41, 5.74) is 0.807. The Labute approximate surface area is 191 Å². The van der Waals surface area contributed by atoms with Crippen molar-refractivity contribution in [2.45, 2.75) is 46.1 Å². The van der Waals surface area contributed by atoms with Crippen molar-refractivity contribution in [2.75, 3.05) is 54.8 Å². The van der Waals surface area contributed by atoms with Crippen molar-refractivity contribution < 1.29 is 27.5 Å². The van der Waals surface area contributed by atoms with Crippen molar-refractivity contribution in [3.63, 3.8) is 0 Å². The summed E-state index contributed by atoms with van der Waals surface area (Å²) in [4.78, 5) is 27.9. The second-order valence-corrected chi connectivity index (χ2v) is 10.7. The molecule has 0 radical (unpaired) electrons. The Kier molecular flexibility index (Phi) is 8.77. The highest BCUT2D eigenvalue weighted by Crippen LogP contribution is 2.25. The van der Waals surface area contributed by atoms with Gasteiger partial charge in [-0.3, -0.25) is 9.10 Å². The topological polar surface area (TPSA) is 96.5 Å². The Bertz CT molecular complexity index is 872. The van der Waals surface area contributed by atoms with Gasteiger partial charge in [-0.1, -0.05) is 13.3 Å². The van der Waals surface area contributed by atoms with Gasteiger partial charge in [-0.05, 0) is 51.5 Å². The highest BCUT2D eigenvalue weighted by molar-refractivity contribution is 7.92. The van der Waals surface area contributed by atoms with Crippen LogP contribution in [-0.4, -0.2) is 76.6 Å². The molecule has 1 heterocycles. The minimum atomic E-state index is -3.65. The first-order chi connectivity index (χ1) is 15.0. The molecule has 1 aromatic carbocycles. The van der Waals surface area contributed by atoms with Crippen molar-refractivity contribution >= 4 is 33.5 Å². The molecule has 0 atom stereocenters. The fourth-order valence-electron chi connectivity index (χ4n) is 3.27. The predicted octanol–water partition coefficient (Wildman–Crippen LogP) is 2.85. The number of nitrogens with zero attached hydrogens (tertiary/aromatic N) is 3. The number of piperazine rings is 1. The summed E-state index contributed by atoms with van der Waals surface area (Å²) in [6.45, 7) is 9.43. The molecule has 180 valence electrons. The lowest BCUT2D eigenvalue weighted by Crippen LogP contribution is -2.50. The van der Waals surface area contributed by atoms with E-state index in [-0.39, 0.29) is 18.4 Å². The van der Waals surface area contributed by atoms with Crippen LogP contribution < -0.4 is 9.21 Å². The molecule has 2 rings (SSSR count). The lowest BCUT2D eigenvalue weighted by Gasteiger charge is -2.37. The number of benzene rings is 1. The second kappa shape index (κ2) is 10.9. The summed E-state index contributed by atoms with van der Waals surface area (Å²) in [7, 11) is -2.42. The number of rotatable bonds is 8. The van der Waals surface area contributed by atoms with Gasteiger partial charge in [0.05, 0.1) is 18.6 Å². The molecule has 1 aromatic rings. The third kappa shape index (κ3) is 7.29. The maximum Gasteiger partial charge on any atom is 0.410 e. The van der Waals surface area contributed by atoms with Crippen molar-refractivity contribution in [1.29, 1.82) is 0 Å². The van der Waals surface area contributed by atoms with Gasteiger partial charge in [-0.25, -0.2) is 13.2 Å². The molecule has 0 saturated carbocycles. The van der Waals surface area contributed by atoms with Crippen molar-refractivity contribution in [3.05, 3.63) is 24.3 Å². The molecule has 1 saturated heterocycles. The Balaban J connectivity index is 2.09. The molecule has 10 heteroatoms. The van der Waals surface area contributed by atoms with E-state index in [9.17, 15) is 18.0 Å². The molecular weight excluding hydrogens is 434 g/mol. The maximum atomic E-state index is 12.8. The summed E-state index contributed by atoms with van der Waals surface area (Å²) in [6.07, 6.45) is 0.933. The van der Waals surface area contributed by atoms with Crippen LogP contribution in [0.2, 0.25) is 0 Å². The van der Waals surface area contributed by atoms with E-state index in [2.05, 4.69) is 9.64 Å². The molecule has 1 fully saturated rings. The number of unbranched alkanes of at least 4 members (excludes halogenated alkanes) is 1. The lowest BCUT2D eigenvalue weighted by molar-refractivity contribution is -0.138. The zero-order valence-corrected chi connectivity index (χ0v) is 20.5. The van der Waals surface area contributed by atoms with Gasteiger partial charge < -0.3 is 19.3 Å². The molecule has 0 spiro atoms. The molecule has 0 aliphatic carbocycles. The smallest absolute Gasteiger partial charge is 0.410 e. The van der Waals surface area contributed by atoms with E-state index < -0.39 is 21.6 Å². The third-order valence-corrected chi connectivity index (χ3v) is 6.84. The van der Waals surface area contributed by atoms with Gasteiger partial charge in [0.15, 0.2) is 0 Å². The molecule has 9 nitrogen and oxygen atoms in total. The SMILES string of the molecule is CCCCS(=O)(=O)N(CC(=O)OC)c1ccc(N2CCN(C(=O)OC(C)(C)C)CC2)cc1. The lowest BCUT2D eigenvalue weighted by atomic mass is 10.2. The number of ether oxygens (including phenoxy) is 2. The van der Waals surface area contributed by atoms with Crippen LogP contribution in [0.5, 0.6) is 0 Å². The van der Waals surface area contributed by atoms with Crippen LogP contribution in [-0.2, 0) is 24.3 Å². The summed E-state index contributed by atoms with van der Waals surface area (Å²) < 4.78 is 36.8. The Morgan fingerprint density at radius 1 is 1.06 bits per heavy atom. The van der Waals surface area contributed by atoms with E-state index in [1.54, 1.807) is 17.0 Å². The van der Waals surface area contributed by atoms with Crippen molar-refractivity contribution in [2.24, 2.45) is 0 Å². The van der Waals surface area contributed by atoms with E-state index in [1.165, 1.54) is 7.11 Å². The Hall–Kier alpha value is -2.49. The highest BCUT2D eigenvalue weighted by Gasteiger charge is 2.27. The van der Waals surface area contributed by atoms with E-state index in [4.69, 9.17) is 4.74 Å². The van der Waals surface area contributed by atoms with Gasteiger partial charge in [0, 0.05) is 31.9 Å². The van der Waals surface area contributed by atoms with E-state index in [0.29, 0.717) is 38.3 Å². The summed E-state index contributed by atoms with van der Waals surface area (Å²) in [6, 6.07) is 7.06. The van der Waals surface area contributed by atoms with Crippen LogP contribution in [0.1, 0.15) is 40.5 Å². The van der Waals surface area contributed by atoms with Crippen LogP contribution in [0.15, 0.2) is 24.3 Å². The molecule has 1 aliphatic heterocycles. The molecule has 1 amide bonds. The normalized spacial score (nSPS) is 14.8. The summed E-state index contributed by atoms with van der Waals surface area (Å²) in [5.74, 6) is -0.651. The summed E-state index contributed by atoms with van der Waals surface area (Å²) in [5, 5.41) is 0. The number of hydrogen-bond acceptors (Lipinski definition) is 7. The molecule has 0 N–H and O–H groups in total. The average molecular weight is 470 g/mol. The number of esters is 1. The van der Waals surface area contributed by atoms with Gasteiger partial charge in [-0.2, -0.15) is 0 Å². The molecule has 0 bridgehead atoms. The van der Waals surface area contributed by atoms with Crippen molar-refractivity contribution in [1.82, 2.24) is 4.90 Å². The number of hydrogen-bond donors (Lipinski definition) is 0. The fourth-order valence-corrected chi connectivity index (χ4v) is 4.89. The van der Waals surface area contributed by atoms with Crippen LogP contribution in [0.4, 0.5) is 16.2 Å². The number of sulfonamides is 1. The number of amides is 1. The third-order valence-electron chi connectivity index (χ3n) is 5.03. The van der Waals surface area contributed by atoms with E-state index >= 15 is 0 Å². The van der Waals surface area contributed by atoms with Crippen LogP contribution in [0, 0.1) is 0 Å². The first-order valence-electron chi connectivity index (χ1n) is 10.9. The van der Waals surface area contributed by atoms with E-state index in [1.807, 2.05) is 39.8 Å². The molecular formula is C22H35N3O6S. The van der Waals surface area contributed by atoms with Gasteiger partial charge >= 0.3 is 12.1 Å². The van der Waals surface area contributed by atoms with Crippen LogP contribution in [0.25, 0.3) is 0 Å². The summed E-state index contributed by atoms with van der Waals surface area (Å²) >= 11 is 0. The van der Waals surface area contributed by atoms with E-state index in [0.717, 1.165) is 16.4 Å². The standard InChI is InChI=1S/C22H35N3O6S/c1-6-7-16-32(28,29)25(17-20(26)30-5)19-10-8-18(9-11-19)23-12-14-24(15-13-23)21(27)31-22(2,3)4/h8-11H,6-7,12-17H2,1-5H3. The quantitative estimate of drug-likeness (QED) is 0.540. The molecule has 1 aliphatic rings. The first kappa shape index (κ1) is 25.8. The number of carbonyl (C=O) groups excluding carboxylic acids is 2. The minimum absolute atomic E-state index is 0.0329. The monoisotopic (exact) mass is 469 g/mol. The van der Waals surface area contributed by atoms with Gasteiger partial charge in [0.2, 0.25) is 10.0 Å². The van der Waals surface area contributed by atoms with Gasteiger partial charge in [-0.15, -0.1) is 0 Å². The number of carbonyl (C=O) groups is 2. The average Bonchev–Trinajstić information content (AvgIpc) is 2.75. The van der Waals surface area contributed by atoms with Gasteiger partial charge in [0.1, 0.15) is 12.1 Å². The minimum Gasteiger partial charge on any atom is -0.468 e. The molecule has 0 unspecified atom stereocenters. The number of anilines is 2. The zero-order valence-electron chi connectivity index (χ0n) is 19.7. The molecule has 32 heavy (non-hydrogen) atoms. The molecule has 0 aromatic heterocycles. The predicted molar refractivity (Wildman–Crippen MR) is 125 cm³/mol. The second-order valence-electron chi connectivity index (χ2n) is 8.72. The highest BCUT2D eigenvalue weighted by atomic mass is 32.2. The Morgan fingerprint density at radius 2 is 1.66 bits per heavy atom. The van der Waals surface area contributed by atoms with Crippen LogP contribution >= 0.6 is 0 Å². The maximum absolute atomic E-state index is 12.8. The fraction of sp³-hybridized carbons (Fsp3) is 0.636.